The lowest BCUT2D eigenvalue weighted by Crippen LogP contribution is -2.24. The number of phenols is 1. The molecule has 1 amide bonds. The predicted molar refractivity (Wildman–Crippen MR) is 85.3 cm³/mol. The predicted octanol–water partition coefficient (Wildman–Crippen LogP) is 2.54. The molecule has 2 rings (SSSR count). The van der Waals surface area contributed by atoms with Crippen molar-refractivity contribution in [2.24, 2.45) is 5.10 Å². The van der Waals surface area contributed by atoms with Crippen LogP contribution in [0, 0.1) is 13.8 Å². The minimum Gasteiger partial charge on any atom is -0.507 e. The van der Waals surface area contributed by atoms with E-state index >= 15 is 0 Å². The Bertz CT molecular complexity index is 679. The fourth-order valence-electron chi connectivity index (χ4n) is 1.77. The zero-order valence-corrected chi connectivity index (χ0v) is 12.5. The van der Waals surface area contributed by atoms with Gasteiger partial charge in [-0.15, -0.1) is 0 Å². The molecule has 22 heavy (non-hydrogen) atoms. The lowest BCUT2D eigenvalue weighted by molar-refractivity contribution is -0.123. The van der Waals surface area contributed by atoms with Crippen molar-refractivity contribution in [3.05, 3.63) is 59.2 Å². The molecule has 0 aromatic heterocycles. The number of carbonyl (C=O) groups is 1. The van der Waals surface area contributed by atoms with Crippen LogP contribution < -0.4 is 10.2 Å². The van der Waals surface area contributed by atoms with Crippen molar-refractivity contribution in [3.63, 3.8) is 0 Å². The van der Waals surface area contributed by atoms with Gasteiger partial charge in [-0.25, -0.2) is 5.43 Å². The average Bonchev–Trinajstić information content (AvgIpc) is 2.50. The highest BCUT2D eigenvalue weighted by atomic mass is 16.5. The topological polar surface area (TPSA) is 70.9 Å². The first-order valence-electron chi connectivity index (χ1n) is 6.85. The van der Waals surface area contributed by atoms with Gasteiger partial charge in [0.05, 0.1) is 6.21 Å². The van der Waals surface area contributed by atoms with Crippen LogP contribution in [0.3, 0.4) is 0 Å². The second-order valence-corrected chi connectivity index (χ2v) is 4.96. The Morgan fingerprint density at radius 3 is 2.59 bits per heavy atom. The number of benzene rings is 2. The van der Waals surface area contributed by atoms with Crippen LogP contribution in [0.1, 0.15) is 16.7 Å². The highest BCUT2D eigenvalue weighted by Crippen LogP contribution is 2.15. The van der Waals surface area contributed by atoms with Crippen LogP contribution in [0.4, 0.5) is 0 Å². The summed E-state index contributed by atoms with van der Waals surface area (Å²) in [5, 5.41) is 13.5. The molecule has 0 aliphatic rings. The number of phenolic OH excluding ortho intramolecular Hbond substituents is 1. The Labute approximate surface area is 129 Å². The summed E-state index contributed by atoms with van der Waals surface area (Å²) >= 11 is 0. The molecule has 0 fully saturated rings. The first-order chi connectivity index (χ1) is 10.5. The quantitative estimate of drug-likeness (QED) is 0.658. The highest BCUT2D eigenvalue weighted by Gasteiger charge is 2.02. The molecular weight excluding hydrogens is 280 g/mol. The van der Waals surface area contributed by atoms with Crippen LogP contribution in [0.25, 0.3) is 0 Å². The van der Waals surface area contributed by atoms with Gasteiger partial charge in [-0.1, -0.05) is 29.3 Å². The maximum absolute atomic E-state index is 11.6. The molecule has 0 aliphatic carbocycles. The molecule has 0 spiro atoms. The van der Waals surface area contributed by atoms with E-state index in [-0.39, 0.29) is 18.3 Å². The molecule has 5 heteroatoms. The molecule has 0 aliphatic heterocycles. The third-order valence-corrected chi connectivity index (χ3v) is 2.97. The van der Waals surface area contributed by atoms with Gasteiger partial charge < -0.3 is 9.84 Å². The van der Waals surface area contributed by atoms with Gasteiger partial charge in [-0.3, -0.25) is 4.79 Å². The summed E-state index contributed by atoms with van der Waals surface area (Å²) < 4.78 is 5.33. The number of hydrazone groups is 1. The van der Waals surface area contributed by atoms with E-state index in [4.69, 9.17) is 4.74 Å². The number of carbonyl (C=O) groups excluding carboxylic acids is 1. The monoisotopic (exact) mass is 298 g/mol. The maximum Gasteiger partial charge on any atom is 0.277 e. The average molecular weight is 298 g/mol. The highest BCUT2D eigenvalue weighted by molar-refractivity contribution is 5.85. The SMILES string of the molecule is Cc1ccc(OCC(=O)N/N=C\c2cc(C)ccc2O)cc1. The van der Waals surface area contributed by atoms with Crippen LogP contribution >= 0.6 is 0 Å². The molecule has 5 nitrogen and oxygen atoms in total. The van der Waals surface area contributed by atoms with E-state index in [0.29, 0.717) is 11.3 Å². The van der Waals surface area contributed by atoms with Gasteiger partial charge in [-0.2, -0.15) is 5.10 Å². The Hall–Kier alpha value is -2.82. The molecule has 2 aromatic rings. The number of nitrogens with one attached hydrogen (secondary N) is 1. The molecule has 2 N–H and O–H groups in total. The van der Waals surface area contributed by atoms with E-state index in [1.54, 1.807) is 30.3 Å². The number of nitrogens with zero attached hydrogens (tertiary/aromatic N) is 1. The summed E-state index contributed by atoms with van der Waals surface area (Å²) in [6, 6.07) is 12.6. The van der Waals surface area contributed by atoms with Crippen molar-refractivity contribution in [3.8, 4) is 11.5 Å². The largest absolute Gasteiger partial charge is 0.507 e. The van der Waals surface area contributed by atoms with Crippen molar-refractivity contribution in [1.82, 2.24) is 5.43 Å². The Morgan fingerprint density at radius 1 is 1.18 bits per heavy atom. The Morgan fingerprint density at radius 2 is 1.86 bits per heavy atom. The van der Waals surface area contributed by atoms with Crippen LogP contribution in [-0.4, -0.2) is 23.8 Å². The zero-order valence-electron chi connectivity index (χ0n) is 12.5. The summed E-state index contributed by atoms with van der Waals surface area (Å²) in [5.41, 5.74) is 5.01. The van der Waals surface area contributed by atoms with Gasteiger partial charge in [-0.05, 0) is 38.1 Å². The summed E-state index contributed by atoms with van der Waals surface area (Å²) in [7, 11) is 0. The van der Waals surface area contributed by atoms with E-state index in [0.717, 1.165) is 11.1 Å². The van der Waals surface area contributed by atoms with E-state index in [1.807, 2.05) is 26.0 Å². The number of hydrogen-bond donors (Lipinski definition) is 2. The van der Waals surface area contributed by atoms with Gasteiger partial charge in [0.1, 0.15) is 11.5 Å². The fraction of sp³-hybridized carbons (Fsp3) is 0.176. The second kappa shape index (κ2) is 7.26. The third kappa shape index (κ3) is 4.63. The number of aromatic hydroxyl groups is 1. The van der Waals surface area contributed by atoms with E-state index in [9.17, 15) is 9.90 Å². The molecule has 0 saturated heterocycles. The molecule has 0 saturated carbocycles. The van der Waals surface area contributed by atoms with Gasteiger partial charge in [0.15, 0.2) is 6.61 Å². The smallest absolute Gasteiger partial charge is 0.277 e. The van der Waals surface area contributed by atoms with E-state index in [1.165, 1.54) is 6.21 Å². The summed E-state index contributed by atoms with van der Waals surface area (Å²) in [4.78, 5) is 11.6. The van der Waals surface area contributed by atoms with Crippen molar-refractivity contribution in [1.29, 1.82) is 0 Å². The summed E-state index contributed by atoms with van der Waals surface area (Å²) in [6.07, 6.45) is 1.39. The molecular formula is C17H18N2O3. The summed E-state index contributed by atoms with van der Waals surface area (Å²) in [6.45, 7) is 3.76. The van der Waals surface area contributed by atoms with E-state index in [2.05, 4.69) is 10.5 Å². The van der Waals surface area contributed by atoms with Crippen LogP contribution in [0.15, 0.2) is 47.6 Å². The molecule has 0 heterocycles. The minimum absolute atomic E-state index is 0.111. The van der Waals surface area contributed by atoms with Gasteiger partial charge in [0.25, 0.3) is 5.91 Å². The third-order valence-electron chi connectivity index (χ3n) is 2.97. The minimum atomic E-state index is -0.371. The zero-order chi connectivity index (χ0) is 15.9. The molecule has 2 aromatic carbocycles. The van der Waals surface area contributed by atoms with Gasteiger partial charge in [0, 0.05) is 5.56 Å². The van der Waals surface area contributed by atoms with Crippen molar-refractivity contribution < 1.29 is 14.6 Å². The Balaban J connectivity index is 1.83. The van der Waals surface area contributed by atoms with Crippen LogP contribution in [0.2, 0.25) is 0 Å². The number of amides is 1. The number of ether oxygens (including phenoxy) is 1. The fourth-order valence-corrected chi connectivity index (χ4v) is 1.77. The molecule has 0 bridgehead atoms. The van der Waals surface area contributed by atoms with Crippen LogP contribution in [-0.2, 0) is 4.79 Å². The maximum atomic E-state index is 11.6. The van der Waals surface area contributed by atoms with Crippen molar-refractivity contribution >= 4 is 12.1 Å². The van der Waals surface area contributed by atoms with Crippen molar-refractivity contribution in [2.75, 3.05) is 6.61 Å². The molecule has 0 unspecified atom stereocenters. The first kappa shape index (κ1) is 15.6. The first-order valence-corrected chi connectivity index (χ1v) is 6.85. The van der Waals surface area contributed by atoms with Crippen LogP contribution in [0.5, 0.6) is 11.5 Å². The number of hydrogen-bond acceptors (Lipinski definition) is 4. The molecule has 0 radical (unpaired) electrons. The van der Waals surface area contributed by atoms with Gasteiger partial charge >= 0.3 is 0 Å². The van der Waals surface area contributed by atoms with E-state index < -0.39 is 0 Å². The standard InChI is InChI=1S/C17H18N2O3/c1-12-3-6-15(7-4-12)22-11-17(21)19-18-10-14-9-13(2)5-8-16(14)20/h3-10,20H,11H2,1-2H3,(H,19,21)/b18-10-. The number of aryl methyl sites for hydroxylation is 2. The lowest BCUT2D eigenvalue weighted by Gasteiger charge is -2.05. The lowest BCUT2D eigenvalue weighted by atomic mass is 10.1. The van der Waals surface area contributed by atoms with Crippen molar-refractivity contribution in [2.45, 2.75) is 13.8 Å². The number of rotatable bonds is 5. The molecule has 114 valence electrons. The summed E-state index contributed by atoms with van der Waals surface area (Å²) in [5.74, 6) is 0.365. The Kier molecular flexibility index (Phi) is 5.14. The molecule has 0 atom stereocenters. The van der Waals surface area contributed by atoms with Gasteiger partial charge in [0.2, 0.25) is 0 Å². The normalized spacial score (nSPS) is 10.6. The second-order valence-electron chi connectivity index (χ2n) is 4.96.